The van der Waals surface area contributed by atoms with Gasteiger partial charge in [-0.15, -0.1) is 5.10 Å². The molecular weight excluding hydrogens is 450 g/mol. The maximum absolute atomic E-state index is 12.7. The molecule has 1 aromatic carbocycles. The number of hydrazone groups is 1. The third-order valence-corrected chi connectivity index (χ3v) is 8.27. The van der Waals surface area contributed by atoms with E-state index in [1.807, 2.05) is 48.7 Å². The lowest BCUT2D eigenvalue weighted by Crippen LogP contribution is -2.35. The molecule has 2 aromatic rings. The summed E-state index contributed by atoms with van der Waals surface area (Å²) in [5.41, 5.74) is 3.40. The van der Waals surface area contributed by atoms with Crippen molar-refractivity contribution in [1.82, 2.24) is 9.58 Å². The summed E-state index contributed by atoms with van der Waals surface area (Å²) in [5.74, 6) is -0.242. The fourth-order valence-electron chi connectivity index (χ4n) is 3.50. The molecule has 11 heteroatoms. The van der Waals surface area contributed by atoms with Gasteiger partial charge in [0.05, 0.1) is 24.1 Å². The normalized spacial score (nSPS) is 17.5. The van der Waals surface area contributed by atoms with E-state index in [0.717, 1.165) is 39.4 Å². The Labute approximate surface area is 189 Å². The van der Waals surface area contributed by atoms with Gasteiger partial charge in [-0.1, -0.05) is 19.1 Å². The average molecular weight is 472 g/mol. The molecule has 0 aliphatic carbocycles. The molecule has 4 rings (SSSR count). The Bertz CT molecular complexity index is 1350. The summed E-state index contributed by atoms with van der Waals surface area (Å²) < 4.78 is 31.7. The lowest BCUT2D eigenvalue weighted by atomic mass is 10.1. The van der Waals surface area contributed by atoms with E-state index in [9.17, 15) is 13.2 Å². The highest BCUT2D eigenvalue weighted by Gasteiger charge is 2.39. The minimum absolute atomic E-state index is 0.0357. The molecule has 0 saturated heterocycles. The Morgan fingerprint density at radius 2 is 1.97 bits per heavy atom. The summed E-state index contributed by atoms with van der Waals surface area (Å²) in [4.78, 5) is 16.7. The number of amidine groups is 2. The molecule has 0 fully saturated rings. The number of aliphatic imine (C=N–C) groups is 1. The van der Waals surface area contributed by atoms with Crippen LogP contribution in [0, 0.1) is 19.3 Å². The number of sulfone groups is 1. The van der Waals surface area contributed by atoms with Gasteiger partial charge in [-0.3, -0.25) is 10.2 Å². The molecule has 0 unspecified atom stereocenters. The van der Waals surface area contributed by atoms with Gasteiger partial charge < -0.3 is 9.30 Å². The molecule has 0 radical (unpaired) electrons. The van der Waals surface area contributed by atoms with E-state index in [0.29, 0.717) is 5.75 Å². The zero-order valence-corrected chi connectivity index (χ0v) is 19.5. The van der Waals surface area contributed by atoms with Crippen LogP contribution < -0.4 is 4.74 Å². The van der Waals surface area contributed by atoms with Crippen molar-refractivity contribution < 1.29 is 17.9 Å². The molecule has 0 bridgehead atoms. The lowest BCUT2D eigenvalue weighted by molar-refractivity contribution is -0.114. The highest BCUT2D eigenvalue weighted by atomic mass is 32.3. The van der Waals surface area contributed by atoms with Crippen LogP contribution in [0.25, 0.3) is 11.8 Å². The van der Waals surface area contributed by atoms with Gasteiger partial charge in [0.25, 0.3) is 5.91 Å². The van der Waals surface area contributed by atoms with E-state index >= 15 is 0 Å². The first-order chi connectivity index (χ1) is 15.2. The third kappa shape index (κ3) is 3.56. The monoisotopic (exact) mass is 471 g/mol. The Balaban J connectivity index is 1.76. The third-order valence-electron chi connectivity index (χ3n) is 5.18. The zero-order valence-electron chi connectivity index (χ0n) is 17.9. The highest BCUT2D eigenvalue weighted by Crippen LogP contribution is 2.32. The second kappa shape index (κ2) is 8.06. The Morgan fingerprint density at radius 3 is 2.66 bits per heavy atom. The number of para-hydroxylation sites is 2. The molecule has 1 aromatic heterocycles. The van der Waals surface area contributed by atoms with Crippen LogP contribution in [0.4, 0.5) is 0 Å². The summed E-state index contributed by atoms with van der Waals surface area (Å²) in [6, 6.07) is 9.51. The van der Waals surface area contributed by atoms with Gasteiger partial charge in [0, 0.05) is 11.4 Å². The van der Waals surface area contributed by atoms with Crippen LogP contribution in [0.15, 0.2) is 46.0 Å². The Hall–Kier alpha value is -3.18. The summed E-state index contributed by atoms with van der Waals surface area (Å²) in [7, 11) is -1.97. The number of hydrogen-bond donors (Lipinski definition) is 1. The van der Waals surface area contributed by atoms with Crippen molar-refractivity contribution in [3.8, 4) is 11.4 Å². The minimum atomic E-state index is -3.57. The summed E-state index contributed by atoms with van der Waals surface area (Å²) >= 11 is 0.784. The van der Waals surface area contributed by atoms with Crippen LogP contribution in [0.5, 0.6) is 5.75 Å². The van der Waals surface area contributed by atoms with Gasteiger partial charge in [0.1, 0.15) is 5.75 Å². The molecule has 0 atom stereocenters. The first-order valence-electron chi connectivity index (χ1n) is 9.73. The number of carbonyl (C=O) groups is 1. The molecule has 1 N–H and O–H groups in total. The molecular formula is C21H21N5O4S2. The molecule has 1 amide bonds. The number of rotatable bonds is 4. The van der Waals surface area contributed by atoms with Crippen LogP contribution in [0.1, 0.15) is 23.9 Å². The summed E-state index contributed by atoms with van der Waals surface area (Å²) in [5, 5.41) is 13.7. The van der Waals surface area contributed by atoms with Crippen LogP contribution in [0.2, 0.25) is 0 Å². The van der Waals surface area contributed by atoms with Crippen molar-refractivity contribution in [2.24, 2.45) is 10.1 Å². The van der Waals surface area contributed by atoms with Crippen LogP contribution in [0.3, 0.4) is 0 Å². The zero-order chi connectivity index (χ0) is 23.2. The van der Waals surface area contributed by atoms with Crippen LogP contribution >= 0.6 is 11.8 Å². The van der Waals surface area contributed by atoms with Gasteiger partial charge in [-0.05, 0) is 55.4 Å². The highest BCUT2D eigenvalue weighted by molar-refractivity contribution is 8.42. The van der Waals surface area contributed by atoms with Gasteiger partial charge in [0.15, 0.2) is 5.84 Å². The summed E-state index contributed by atoms with van der Waals surface area (Å²) in [6.07, 6.45) is 1.59. The fraction of sp³-hybridized carbons (Fsp3) is 0.238. The van der Waals surface area contributed by atoms with E-state index in [2.05, 4.69) is 10.1 Å². The quantitative estimate of drug-likeness (QED) is 0.685. The second-order valence-corrected chi connectivity index (χ2v) is 10.5. The molecule has 2 aliphatic heterocycles. The predicted molar refractivity (Wildman–Crippen MR) is 126 cm³/mol. The number of aryl methyl sites for hydroxylation is 1. The van der Waals surface area contributed by atoms with E-state index in [1.54, 1.807) is 13.2 Å². The van der Waals surface area contributed by atoms with Crippen molar-refractivity contribution in [3.05, 3.63) is 52.9 Å². The first-order valence-corrected chi connectivity index (χ1v) is 12.2. The molecule has 32 heavy (non-hydrogen) atoms. The topological polar surface area (TPSA) is 117 Å². The number of fused-ring (bicyclic) bond motifs is 1. The number of benzene rings is 1. The number of carbonyl (C=O) groups excluding carboxylic acids is 1. The lowest BCUT2D eigenvalue weighted by Gasteiger charge is -2.20. The van der Waals surface area contributed by atoms with Crippen LogP contribution in [-0.2, 0) is 14.6 Å². The number of hydrogen-bond acceptors (Lipinski definition) is 7. The van der Waals surface area contributed by atoms with Crippen molar-refractivity contribution in [3.63, 3.8) is 0 Å². The molecule has 9 nitrogen and oxygen atoms in total. The smallest absolute Gasteiger partial charge is 0.283 e. The van der Waals surface area contributed by atoms with Crippen molar-refractivity contribution >= 4 is 49.0 Å². The summed E-state index contributed by atoms with van der Waals surface area (Å²) in [6.45, 7) is 5.36. The van der Waals surface area contributed by atoms with Crippen molar-refractivity contribution in [1.29, 1.82) is 5.41 Å². The van der Waals surface area contributed by atoms with E-state index in [4.69, 9.17) is 10.1 Å². The average Bonchev–Trinajstić information content (AvgIpc) is 3.32. The Kier molecular flexibility index (Phi) is 5.55. The number of ether oxygens (including phenoxy) is 1. The maximum Gasteiger partial charge on any atom is 0.283 e. The number of methoxy groups -OCH3 is 1. The molecule has 0 saturated carbocycles. The molecule has 3 heterocycles. The van der Waals surface area contributed by atoms with Gasteiger partial charge in [0.2, 0.25) is 19.4 Å². The van der Waals surface area contributed by atoms with Crippen LogP contribution in [-0.4, -0.2) is 52.1 Å². The van der Waals surface area contributed by atoms with Gasteiger partial charge >= 0.3 is 0 Å². The van der Waals surface area contributed by atoms with Gasteiger partial charge in [-0.25, -0.2) is 8.42 Å². The standard InChI is InChI=1S/C21H21N5O4S2/c1-5-32(28,29)21-24-26-18(22)15(19(27)23-20(26)31-21)11-14-10-12(2)25(13(14)3)16-8-6-7-9-17(16)30-4/h6-11,22H,5H2,1-4H3/b15-11-,22-18?. The number of amides is 1. The number of thioether (sulfide) groups is 1. The SMILES string of the molecule is CCS(=O)(=O)C1=NN2C(=N)/C(=C/c3cc(C)n(-c4ccccc4OC)c3C)C(=O)N=C2S1. The number of aromatic nitrogens is 1. The fourth-order valence-corrected chi connectivity index (χ4v) is 5.66. The largest absolute Gasteiger partial charge is 0.495 e. The molecule has 0 spiro atoms. The van der Waals surface area contributed by atoms with Gasteiger partial charge in [-0.2, -0.15) is 10.0 Å². The maximum atomic E-state index is 12.7. The predicted octanol–water partition coefficient (Wildman–Crippen LogP) is 3.11. The molecule has 166 valence electrons. The first kappa shape index (κ1) is 22.0. The van der Waals surface area contributed by atoms with E-state index in [1.165, 1.54) is 6.92 Å². The van der Waals surface area contributed by atoms with Crippen molar-refractivity contribution in [2.45, 2.75) is 20.8 Å². The Morgan fingerprint density at radius 1 is 1.25 bits per heavy atom. The van der Waals surface area contributed by atoms with E-state index < -0.39 is 15.7 Å². The second-order valence-electron chi connectivity index (χ2n) is 7.12. The van der Waals surface area contributed by atoms with Crippen molar-refractivity contribution in [2.75, 3.05) is 12.9 Å². The van der Waals surface area contributed by atoms with E-state index in [-0.39, 0.29) is 26.7 Å². The minimum Gasteiger partial charge on any atom is -0.495 e. The number of nitrogens with one attached hydrogen (secondary N) is 1. The number of nitrogens with zero attached hydrogens (tertiary/aromatic N) is 4. The molecule has 2 aliphatic rings.